The summed E-state index contributed by atoms with van der Waals surface area (Å²) in [5.74, 6) is 2.26. The summed E-state index contributed by atoms with van der Waals surface area (Å²) >= 11 is 1.96. The Labute approximate surface area is 172 Å². The zero-order chi connectivity index (χ0) is 19.2. The molecule has 2 fully saturated rings. The van der Waals surface area contributed by atoms with E-state index in [1.54, 1.807) is 0 Å². The molecule has 1 N–H and O–H groups in total. The van der Waals surface area contributed by atoms with Crippen LogP contribution in [0.2, 0.25) is 0 Å². The van der Waals surface area contributed by atoms with Gasteiger partial charge >= 0.3 is 0 Å². The number of nitrogens with zero attached hydrogens (tertiary/aromatic N) is 1. The number of benzene rings is 2. The smallest absolute Gasteiger partial charge is 0.227 e. The number of rotatable bonds is 8. The molecule has 2 aromatic rings. The van der Waals surface area contributed by atoms with Crippen LogP contribution in [0.25, 0.3) is 0 Å². The maximum atomic E-state index is 12.0. The lowest BCUT2D eigenvalue weighted by Crippen LogP contribution is -2.33. The first kappa shape index (κ1) is 19.5. The van der Waals surface area contributed by atoms with E-state index in [4.69, 9.17) is 0 Å². The van der Waals surface area contributed by atoms with Crippen LogP contribution in [0.15, 0.2) is 59.5 Å². The van der Waals surface area contributed by atoms with E-state index in [0.717, 1.165) is 18.5 Å². The van der Waals surface area contributed by atoms with Crippen LogP contribution in [-0.4, -0.2) is 36.2 Å². The van der Waals surface area contributed by atoms with Gasteiger partial charge in [-0.2, -0.15) is 0 Å². The number of likely N-dealkylation sites (tertiary alicyclic amines) is 1. The Morgan fingerprint density at radius 1 is 1.00 bits per heavy atom. The van der Waals surface area contributed by atoms with Gasteiger partial charge in [-0.05, 0) is 93.2 Å². The second-order valence-corrected chi connectivity index (χ2v) is 9.19. The Hall–Kier alpha value is -1.78. The largest absolute Gasteiger partial charge is 0.326 e. The summed E-state index contributed by atoms with van der Waals surface area (Å²) in [6.45, 7) is 3.56. The van der Waals surface area contributed by atoms with Crippen LogP contribution in [0.4, 0.5) is 5.69 Å². The lowest BCUT2D eigenvalue weighted by Gasteiger charge is -2.32. The number of hydrogen-bond acceptors (Lipinski definition) is 3. The Bertz CT molecular complexity index is 767. The molecule has 1 heterocycles. The van der Waals surface area contributed by atoms with Crippen molar-refractivity contribution in [1.82, 2.24) is 4.90 Å². The Balaban J connectivity index is 1.19. The van der Waals surface area contributed by atoms with E-state index in [1.165, 1.54) is 55.1 Å². The van der Waals surface area contributed by atoms with Gasteiger partial charge in [0.1, 0.15) is 0 Å². The first-order valence-electron chi connectivity index (χ1n) is 10.6. The normalized spacial score (nSPS) is 18.1. The van der Waals surface area contributed by atoms with E-state index in [1.807, 2.05) is 17.8 Å². The SMILES string of the molecule is O=C(Nc1cccc(C2CCN(CCCSc3ccccc3)CC2)c1)C1CC1. The van der Waals surface area contributed by atoms with Crippen molar-refractivity contribution in [3.63, 3.8) is 0 Å². The average molecular weight is 395 g/mol. The number of amides is 1. The van der Waals surface area contributed by atoms with Crippen LogP contribution >= 0.6 is 11.8 Å². The number of thioether (sulfide) groups is 1. The molecule has 1 aliphatic carbocycles. The lowest BCUT2D eigenvalue weighted by atomic mass is 9.89. The molecule has 0 atom stereocenters. The van der Waals surface area contributed by atoms with Crippen LogP contribution < -0.4 is 5.32 Å². The van der Waals surface area contributed by atoms with Crippen LogP contribution in [0.1, 0.15) is 43.6 Å². The summed E-state index contributed by atoms with van der Waals surface area (Å²) < 4.78 is 0. The summed E-state index contributed by atoms with van der Waals surface area (Å²) in [6, 6.07) is 19.2. The Kier molecular flexibility index (Phi) is 6.71. The van der Waals surface area contributed by atoms with E-state index in [2.05, 4.69) is 58.7 Å². The van der Waals surface area contributed by atoms with Crippen LogP contribution in [0, 0.1) is 5.92 Å². The summed E-state index contributed by atoms with van der Waals surface area (Å²) in [5.41, 5.74) is 2.35. The zero-order valence-electron chi connectivity index (χ0n) is 16.5. The van der Waals surface area contributed by atoms with Crippen molar-refractivity contribution in [2.45, 2.75) is 42.9 Å². The number of piperidine rings is 1. The molecule has 0 aromatic heterocycles. The van der Waals surface area contributed by atoms with Gasteiger partial charge < -0.3 is 10.2 Å². The van der Waals surface area contributed by atoms with Crippen LogP contribution in [0.3, 0.4) is 0 Å². The molecule has 3 nitrogen and oxygen atoms in total. The molecule has 0 unspecified atom stereocenters. The Morgan fingerprint density at radius 2 is 1.79 bits per heavy atom. The first-order chi connectivity index (χ1) is 13.8. The molecule has 0 bridgehead atoms. The highest BCUT2D eigenvalue weighted by molar-refractivity contribution is 7.99. The quantitative estimate of drug-likeness (QED) is 0.481. The summed E-state index contributed by atoms with van der Waals surface area (Å²) in [5, 5.41) is 3.09. The van der Waals surface area contributed by atoms with Crippen LogP contribution in [0.5, 0.6) is 0 Å². The molecule has 0 radical (unpaired) electrons. The minimum Gasteiger partial charge on any atom is -0.326 e. The highest BCUT2D eigenvalue weighted by atomic mass is 32.2. The van der Waals surface area contributed by atoms with E-state index < -0.39 is 0 Å². The van der Waals surface area contributed by atoms with E-state index in [-0.39, 0.29) is 11.8 Å². The molecule has 1 saturated heterocycles. The molecule has 4 rings (SSSR count). The number of nitrogens with one attached hydrogen (secondary N) is 1. The minimum atomic E-state index is 0.195. The number of carbonyl (C=O) groups excluding carboxylic acids is 1. The molecule has 1 aliphatic heterocycles. The summed E-state index contributed by atoms with van der Waals surface area (Å²) in [7, 11) is 0. The maximum absolute atomic E-state index is 12.0. The van der Waals surface area contributed by atoms with Crippen molar-refractivity contribution in [2.75, 3.05) is 30.7 Å². The molecular formula is C24H30N2OS. The molecule has 0 spiro atoms. The fraction of sp³-hybridized carbons (Fsp3) is 0.458. The van der Waals surface area contributed by atoms with Crippen molar-refractivity contribution in [1.29, 1.82) is 0 Å². The lowest BCUT2D eigenvalue weighted by molar-refractivity contribution is -0.117. The van der Waals surface area contributed by atoms with Gasteiger partial charge in [-0.3, -0.25) is 4.79 Å². The molecule has 2 aromatic carbocycles. The van der Waals surface area contributed by atoms with Crippen molar-refractivity contribution in [3.8, 4) is 0 Å². The van der Waals surface area contributed by atoms with Gasteiger partial charge in [0.2, 0.25) is 5.91 Å². The number of carbonyl (C=O) groups is 1. The van der Waals surface area contributed by atoms with Gasteiger partial charge in [0, 0.05) is 16.5 Å². The van der Waals surface area contributed by atoms with Gasteiger partial charge in [0.15, 0.2) is 0 Å². The zero-order valence-corrected chi connectivity index (χ0v) is 17.3. The number of hydrogen-bond donors (Lipinski definition) is 1. The minimum absolute atomic E-state index is 0.195. The van der Waals surface area contributed by atoms with Gasteiger partial charge in [0.05, 0.1) is 0 Å². The molecule has 4 heteroatoms. The third kappa shape index (κ3) is 5.62. The van der Waals surface area contributed by atoms with E-state index in [0.29, 0.717) is 5.92 Å². The summed E-state index contributed by atoms with van der Waals surface area (Å²) in [4.78, 5) is 16.0. The highest BCUT2D eigenvalue weighted by Gasteiger charge is 2.29. The van der Waals surface area contributed by atoms with Crippen molar-refractivity contribution < 1.29 is 4.79 Å². The third-order valence-electron chi connectivity index (χ3n) is 5.79. The number of anilines is 1. The molecule has 1 amide bonds. The second-order valence-electron chi connectivity index (χ2n) is 8.02. The van der Waals surface area contributed by atoms with Crippen molar-refractivity contribution in [3.05, 3.63) is 60.2 Å². The van der Waals surface area contributed by atoms with Crippen molar-refractivity contribution >= 4 is 23.4 Å². The van der Waals surface area contributed by atoms with E-state index >= 15 is 0 Å². The second kappa shape index (κ2) is 9.62. The fourth-order valence-electron chi connectivity index (χ4n) is 3.95. The average Bonchev–Trinajstić information content (AvgIpc) is 3.58. The molecule has 1 saturated carbocycles. The molecule has 148 valence electrons. The Morgan fingerprint density at radius 3 is 2.54 bits per heavy atom. The highest BCUT2D eigenvalue weighted by Crippen LogP contribution is 2.32. The molecule has 2 aliphatic rings. The topological polar surface area (TPSA) is 32.3 Å². The van der Waals surface area contributed by atoms with Gasteiger partial charge in [-0.15, -0.1) is 11.8 Å². The van der Waals surface area contributed by atoms with E-state index in [9.17, 15) is 4.79 Å². The first-order valence-corrected chi connectivity index (χ1v) is 11.6. The standard InChI is InChI=1S/C24H30N2OS/c27-24(20-10-11-20)25-22-7-4-6-21(18-22)19-12-15-26(16-13-19)14-5-17-28-23-8-2-1-3-9-23/h1-4,6-9,18-20H,5,10-17H2,(H,25,27). The monoisotopic (exact) mass is 394 g/mol. The summed E-state index contributed by atoms with van der Waals surface area (Å²) in [6.07, 6.45) is 5.77. The maximum Gasteiger partial charge on any atom is 0.227 e. The fourth-order valence-corrected chi connectivity index (χ4v) is 4.80. The van der Waals surface area contributed by atoms with Gasteiger partial charge in [0.25, 0.3) is 0 Å². The third-order valence-corrected chi connectivity index (χ3v) is 6.89. The predicted molar refractivity (Wildman–Crippen MR) is 118 cm³/mol. The van der Waals surface area contributed by atoms with Crippen molar-refractivity contribution in [2.24, 2.45) is 5.92 Å². The van der Waals surface area contributed by atoms with Gasteiger partial charge in [-0.25, -0.2) is 0 Å². The predicted octanol–water partition coefficient (Wildman–Crippen LogP) is 5.40. The molecule has 28 heavy (non-hydrogen) atoms. The van der Waals surface area contributed by atoms with Gasteiger partial charge in [-0.1, -0.05) is 30.3 Å². The van der Waals surface area contributed by atoms with Crippen LogP contribution in [-0.2, 0) is 4.79 Å². The molecular weight excluding hydrogens is 364 g/mol.